The van der Waals surface area contributed by atoms with Gasteiger partial charge in [-0.25, -0.2) is 0 Å². The number of ether oxygens (including phenoxy) is 1. The predicted octanol–water partition coefficient (Wildman–Crippen LogP) is 3.00. The Morgan fingerprint density at radius 1 is 1.20 bits per heavy atom. The largest absolute Gasteiger partial charge is 0.494 e. The van der Waals surface area contributed by atoms with E-state index in [1.54, 1.807) is 0 Å². The topological polar surface area (TPSA) is 41.6 Å². The smallest absolute Gasteiger partial charge is 0.229 e. The molecule has 0 unspecified atom stereocenters. The molecule has 0 spiro atoms. The molecule has 0 saturated heterocycles. The summed E-state index contributed by atoms with van der Waals surface area (Å²) >= 11 is 0. The highest BCUT2D eigenvalue weighted by molar-refractivity contribution is 5.94. The van der Waals surface area contributed by atoms with Crippen LogP contribution in [0.3, 0.4) is 0 Å². The zero-order valence-electron chi connectivity index (χ0n) is 13.2. The van der Waals surface area contributed by atoms with E-state index in [2.05, 4.69) is 10.2 Å². The van der Waals surface area contributed by atoms with Crippen LogP contribution in [0.4, 0.5) is 5.69 Å². The number of rotatable bonds is 6. The standard InChI is InChI=1S/C16H26N2O2/c1-16(2,3)15(19)17-13-7-9-14(10-8-13)20-12-6-11-18(4)5/h7-10H,6,11-12H2,1-5H3,(H,17,19). The lowest BCUT2D eigenvalue weighted by molar-refractivity contribution is -0.123. The van der Waals surface area contributed by atoms with E-state index >= 15 is 0 Å². The third-order valence-electron chi connectivity index (χ3n) is 2.81. The number of anilines is 1. The van der Waals surface area contributed by atoms with Gasteiger partial charge in [0, 0.05) is 17.6 Å². The molecule has 0 atom stereocenters. The first-order valence-electron chi connectivity index (χ1n) is 6.98. The van der Waals surface area contributed by atoms with Crippen molar-refractivity contribution in [1.82, 2.24) is 4.90 Å². The van der Waals surface area contributed by atoms with Crippen LogP contribution in [0.2, 0.25) is 0 Å². The fraction of sp³-hybridized carbons (Fsp3) is 0.562. The minimum Gasteiger partial charge on any atom is -0.494 e. The lowest BCUT2D eigenvalue weighted by Gasteiger charge is -2.17. The highest BCUT2D eigenvalue weighted by Gasteiger charge is 2.20. The van der Waals surface area contributed by atoms with Gasteiger partial charge >= 0.3 is 0 Å². The van der Waals surface area contributed by atoms with Gasteiger partial charge in [-0.3, -0.25) is 4.79 Å². The molecule has 0 radical (unpaired) electrons. The molecule has 0 bridgehead atoms. The van der Waals surface area contributed by atoms with Gasteiger partial charge in [-0.05, 0) is 44.8 Å². The third kappa shape index (κ3) is 6.06. The van der Waals surface area contributed by atoms with Gasteiger partial charge in [0.2, 0.25) is 5.91 Å². The molecule has 1 aromatic carbocycles. The van der Waals surface area contributed by atoms with Crippen LogP contribution in [0.25, 0.3) is 0 Å². The van der Waals surface area contributed by atoms with Crippen molar-refractivity contribution in [2.75, 3.05) is 32.6 Å². The van der Waals surface area contributed by atoms with Crippen LogP contribution in [0.15, 0.2) is 24.3 Å². The van der Waals surface area contributed by atoms with E-state index in [0.717, 1.165) is 24.4 Å². The molecule has 1 aromatic rings. The Hall–Kier alpha value is -1.55. The van der Waals surface area contributed by atoms with E-state index in [-0.39, 0.29) is 11.3 Å². The number of carbonyl (C=O) groups is 1. The van der Waals surface area contributed by atoms with E-state index in [1.165, 1.54) is 0 Å². The predicted molar refractivity (Wildman–Crippen MR) is 83.2 cm³/mol. The second kappa shape index (κ2) is 7.29. The number of nitrogens with zero attached hydrogens (tertiary/aromatic N) is 1. The number of hydrogen-bond acceptors (Lipinski definition) is 3. The van der Waals surface area contributed by atoms with Gasteiger partial charge in [0.05, 0.1) is 6.61 Å². The molecule has 0 saturated carbocycles. The minimum atomic E-state index is -0.388. The maximum Gasteiger partial charge on any atom is 0.229 e. The normalized spacial score (nSPS) is 11.5. The molecule has 0 heterocycles. The monoisotopic (exact) mass is 278 g/mol. The Labute approximate surface area is 122 Å². The van der Waals surface area contributed by atoms with Crippen LogP contribution in [0.1, 0.15) is 27.2 Å². The lowest BCUT2D eigenvalue weighted by atomic mass is 9.95. The molecule has 1 N–H and O–H groups in total. The Bertz CT molecular complexity index is 419. The highest BCUT2D eigenvalue weighted by Crippen LogP contribution is 2.20. The van der Waals surface area contributed by atoms with Gasteiger partial charge in [0.1, 0.15) is 5.75 Å². The number of amides is 1. The Balaban J connectivity index is 2.42. The Morgan fingerprint density at radius 2 is 1.80 bits per heavy atom. The fourth-order valence-corrected chi connectivity index (χ4v) is 1.52. The molecule has 0 aliphatic heterocycles. The van der Waals surface area contributed by atoms with Crippen molar-refractivity contribution in [3.05, 3.63) is 24.3 Å². The minimum absolute atomic E-state index is 0.0113. The van der Waals surface area contributed by atoms with Crippen LogP contribution >= 0.6 is 0 Å². The summed E-state index contributed by atoms with van der Waals surface area (Å²) in [6, 6.07) is 7.50. The van der Waals surface area contributed by atoms with E-state index in [0.29, 0.717) is 6.61 Å². The van der Waals surface area contributed by atoms with Gasteiger partial charge in [-0.15, -0.1) is 0 Å². The SMILES string of the molecule is CN(C)CCCOc1ccc(NC(=O)C(C)(C)C)cc1. The van der Waals surface area contributed by atoms with Crippen molar-refractivity contribution in [3.63, 3.8) is 0 Å². The molecule has 20 heavy (non-hydrogen) atoms. The molecule has 4 nitrogen and oxygen atoms in total. The average molecular weight is 278 g/mol. The lowest BCUT2D eigenvalue weighted by Crippen LogP contribution is -2.27. The zero-order valence-corrected chi connectivity index (χ0v) is 13.2. The summed E-state index contributed by atoms with van der Waals surface area (Å²) < 4.78 is 5.64. The molecule has 1 rings (SSSR count). The molecule has 4 heteroatoms. The Morgan fingerprint density at radius 3 is 2.30 bits per heavy atom. The second-order valence-electron chi connectivity index (χ2n) is 6.23. The van der Waals surface area contributed by atoms with Crippen molar-refractivity contribution in [1.29, 1.82) is 0 Å². The summed E-state index contributed by atoms with van der Waals surface area (Å²) in [5, 5.41) is 2.89. The van der Waals surface area contributed by atoms with Gasteiger partial charge in [0.25, 0.3) is 0 Å². The van der Waals surface area contributed by atoms with E-state index < -0.39 is 0 Å². The van der Waals surface area contributed by atoms with Crippen molar-refractivity contribution in [3.8, 4) is 5.75 Å². The van der Waals surface area contributed by atoms with Gasteiger partial charge < -0.3 is 15.0 Å². The molecule has 0 aliphatic rings. The van der Waals surface area contributed by atoms with Crippen molar-refractivity contribution >= 4 is 11.6 Å². The molecular weight excluding hydrogens is 252 g/mol. The first kappa shape index (κ1) is 16.5. The number of nitrogens with one attached hydrogen (secondary N) is 1. The van der Waals surface area contributed by atoms with Crippen molar-refractivity contribution in [2.45, 2.75) is 27.2 Å². The van der Waals surface area contributed by atoms with Crippen LogP contribution in [-0.2, 0) is 4.79 Å². The van der Waals surface area contributed by atoms with Gasteiger partial charge in [-0.2, -0.15) is 0 Å². The van der Waals surface area contributed by atoms with Gasteiger partial charge in [-0.1, -0.05) is 20.8 Å². The first-order chi connectivity index (χ1) is 9.29. The summed E-state index contributed by atoms with van der Waals surface area (Å²) in [5.41, 5.74) is 0.409. The Kier molecular flexibility index (Phi) is 6.02. The van der Waals surface area contributed by atoms with E-state index in [1.807, 2.05) is 59.1 Å². The summed E-state index contributed by atoms with van der Waals surface area (Å²) in [5.74, 6) is 0.842. The van der Waals surface area contributed by atoms with Crippen LogP contribution < -0.4 is 10.1 Å². The maximum absolute atomic E-state index is 11.8. The summed E-state index contributed by atoms with van der Waals surface area (Å²) in [6.45, 7) is 7.39. The van der Waals surface area contributed by atoms with E-state index in [9.17, 15) is 4.79 Å². The molecule has 1 amide bonds. The van der Waals surface area contributed by atoms with E-state index in [4.69, 9.17) is 4.74 Å². The molecular formula is C16H26N2O2. The number of carbonyl (C=O) groups excluding carboxylic acids is 1. The van der Waals surface area contributed by atoms with Crippen molar-refractivity contribution < 1.29 is 9.53 Å². The maximum atomic E-state index is 11.8. The van der Waals surface area contributed by atoms with Gasteiger partial charge in [0.15, 0.2) is 0 Å². The summed E-state index contributed by atoms with van der Waals surface area (Å²) in [6.07, 6.45) is 0.996. The fourth-order valence-electron chi connectivity index (χ4n) is 1.52. The molecule has 0 aliphatic carbocycles. The van der Waals surface area contributed by atoms with Crippen molar-refractivity contribution in [2.24, 2.45) is 5.41 Å². The number of hydrogen-bond donors (Lipinski definition) is 1. The second-order valence-corrected chi connectivity index (χ2v) is 6.23. The quantitative estimate of drug-likeness (QED) is 0.813. The highest BCUT2D eigenvalue weighted by atomic mass is 16.5. The van der Waals surface area contributed by atoms with Crippen LogP contribution in [0.5, 0.6) is 5.75 Å². The summed E-state index contributed by atoms with van der Waals surface area (Å²) in [7, 11) is 4.10. The third-order valence-corrected chi connectivity index (χ3v) is 2.81. The molecule has 0 aromatic heterocycles. The average Bonchev–Trinajstić information content (AvgIpc) is 2.35. The first-order valence-corrected chi connectivity index (χ1v) is 6.98. The molecule has 0 fully saturated rings. The van der Waals surface area contributed by atoms with Crippen LogP contribution in [0, 0.1) is 5.41 Å². The zero-order chi connectivity index (χ0) is 15.2. The van der Waals surface area contributed by atoms with Crippen LogP contribution in [-0.4, -0.2) is 38.1 Å². The molecule has 112 valence electrons. The summed E-state index contributed by atoms with van der Waals surface area (Å²) in [4.78, 5) is 14.0. The number of benzene rings is 1.